The standard InChI is InChI=1S/C14H19F3N2O/c15-14(16,17)20-13-6-3-4-11(8-13)10-19-7-2-1-5-12(19)9-18/h3-4,6,8,12H,1-2,5,7,9-10,18H2. The van der Waals surface area contributed by atoms with Crippen LogP contribution in [0.25, 0.3) is 0 Å². The summed E-state index contributed by atoms with van der Waals surface area (Å²) >= 11 is 0. The Kier molecular flexibility index (Phi) is 4.88. The second-order valence-corrected chi connectivity index (χ2v) is 5.05. The largest absolute Gasteiger partial charge is 0.573 e. The Morgan fingerprint density at radius 1 is 1.30 bits per heavy atom. The van der Waals surface area contributed by atoms with Gasteiger partial charge in [-0.05, 0) is 37.1 Å². The highest BCUT2D eigenvalue weighted by molar-refractivity contribution is 5.28. The van der Waals surface area contributed by atoms with Gasteiger partial charge in [-0.25, -0.2) is 0 Å². The van der Waals surface area contributed by atoms with Gasteiger partial charge in [0.05, 0.1) is 0 Å². The number of hydrogen-bond acceptors (Lipinski definition) is 3. The molecule has 1 heterocycles. The Morgan fingerprint density at radius 3 is 2.80 bits per heavy atom. The Balaban J connectivity index is 2.03. The Hall–Kier alpha value is -1.27. The maximum absolute atomic E-state index is 12.2. The first-order valence-corrected chi connectivity index (χ1v) is 6.77. The van der Waals surface area contributed by atoms with Crippen molar-refractivity contribution in [3.8, 4) is 5.75 Å². The maximum Gasteiger partial charge on any atom is 0.573 e. The van der Waals surface area contributed by atoms with Gasteiger partial charge in [-0.3, -0.25) is 4.90 Å². The number of rotatable bonds is 4. The number of likely N-dealkylation sites (tertiary alicyclic amines) is 1. The average molecular weight is 288 g/mol. The van der Waals surface area contributed by atoms with Crippen LogP contribution >= 0.6 is 0 Å². The fraction of sp³-hybridized carbons (Fsp3) is 0.571. The predicted octanol–water partition coefficient (Wildman–Crippen LogP) is 2.90. The predicted molar refractivity (Wildman–Crippen MR) is 70.2 cm³/mol. The molecule has 0 spiro atoms. The van der Waals surface area contributed by atoms with E-state index in [0.717, 1.165) is 31.4 Å². The van der Waals surface area contributed by atoms with E-state index in [2.05, 4.69) is 9.64 Å². The molecule has 0 aliphatic carbocycles. The van der Waals surface area contributed by atoms with Crippen LogP contribution in [-0.4, -0.2) is 30.4 Å². The lowest BCUT2D eigenvalue weighted by Gasteiger charge is -2.35. The number of benzene rings is 1. The summed E-state index contributed by atoms with van der Waals surface area (Å²) in [6.07, 6.45) is -1.33. The molecule has 0 amide bonds. The molecule has 1 aromatic carbocycles. The van der Waals surface area contributed by atoms with Crippen LogP contribution in [0.15, 0.2) is 24.3 Å². The molecule has 6 heteroatoms. The Bertz CT molecular complexity index is 437. The minimum Gasteiger partial charge on any atom is -0.406 e. The van der Waals surface area contributed by atoms with E-state index >= 15 is 0 Å². The zero-order chi connectivity index (χ0) is 14.6. The van der Waals surface area contributed by atoms with E-state index in [1.807, 2.05) is 6.07 Å². The van der Waals surface area contributed by atoms with Crippen LogP contribution in [0.1, 0.15) is 24.8 Å². The van der Waals surface area contributed by atoms with Crippen LogP contribution in [0.4, 0.5) is 13.2 Å². The van der Waals surface area contributed by atoms with Crippen molar-refractivity contribution in [2.75, 3.05) is 13.1 Å². The van der Waals surface area contributed by atoms with Crippen molar-refractivity contribution in [2.45, 2.75) is 38.2 Å². The first kappa shape index (κ1) is 15.1. The van der Waals surface area contributed by atoms with Crippen LogP contribution in [0.5, 0.6) is 5.75 Å². The molecule has 1 fully saturated rings. The highest BCUT2D eigenvalue weighted by Crippen LogP contribution is 2.25. The third-order valence-corrected chi connectivity index (χ3v) is 3.54. The molecule has 1 aliphatic rings. The fourth-order valence-corrected chi connectivity index (χ4v) is 2.61. The first-order chi connectivity index (χ1) is 9.48. The third-order valence-electron chi connectivity index (χ3n) is 3.54. The number of nitrogens with zero attached hydrogens (tertiary/aromatic N) is 1. The first-order valence-electron chi connectivity index (χ1n) is 6.77. The lowest BCUT2D eigenvalue weighted by atomic mass is 10.0. The molecular formula is C14H19F3N2O. The van der Waals surface area contributed by atoms with Crippen molar-refractivity contribution in [1.82, 2.24) is 4.90 Å². The number of hydrogen-bond donors (Lipinski definition) is 1. The van der Waals surface area contributed by atoms with Gasteiger partial charge in [0.2, 0.25) is 0 Å². The molecule has 1 unspecified atom stereocenters. The molecule has 0 radical (unpaired) electrons. The molecule has 3 nitrogen and oxygen atoms in total. The molecule has 2 rings (SSSR count). The van der Waals surface area contributed by atoms with Gasteiger partial charge in [0, 0.05) is 19.1 Å². The summed E-state index contributed by atoms with van der Waals surface area (Å²) in [7, 11) is 0. The number of piperidine rings is 1. The zero-order valence-electron chi connectivity index (χ0n) is 11.2. The van der Waals surface area contributed by atoms with Crippen molar-refractivity contribution in [2.24, 2.45) is 5.73 Å². The molecule has 0 saturated carbocycles. The lowest BCUT2D eigenvalue weighted by molar-refractivity contribution is -0.274. The summed E-state index contributed by atoms with van der Waals surface area (Å²) in [5, 5.41) is 0. The highest BCUT2D eigenvalue weighted by atomic mass is 19.4. The molecule has 1 aliphatic heterocycles. The normalized spacial score (nSPS) is 20.9. The second-order valence-electron chi connectivity index (χ2n) is 5.05. The highest BCUT2D eigenvalue weighted by Gasteiger charge is 2.31. The summed E-state index contributed by atoms with van der Waals surface area (Å²) in [6.45, 7) is 2.13. The van der Waals surface area contributed by atoms with Crippen LogP contribution in [0.3, 0.4) is 0 Å². The van der Waals surface area contributed by atoms with Crippen molar-refractivity contribution in [1.29, 1.82) is 0 Å². The zero-order valence-corrected chi connectivity index (χ0v) is 11.2. The summed E-state index contributed by atoms with van der Waals surface area (Å²) in [6, 6.07) is 6.46. The van der Waals surface area contributed by atoms with Gasteiger partial charge in [0.25, 0.3) is 0 Å². The van der Waals surface area contributed by atoms with Crippen LogP contribution in [0, 0.1) is 0 Å². The summed E-state index contributed by atoms with van der Waals surface area (Å²) in [5.41, 5.74) is 6.56. The number of nitrogens with two attached hydrogens (primary N) is 1. The molecule has 2 N–H and O–H groups in total. The Morgan fingerprint density at radius 2 is 2.10 bits per heavy atom. The number of alkyl halides is 3. The van der Waals surface area contributed by atoms with E-state index in [1.54, 1.807) is 6.07 Å². The van der Waals surface area contributed by atoms with Crippen LogP contribution in [-0.2, 0) is 6.54 Å². The maximum atomic E-state index is 12.2. The average Bonchev–Trinajstić information content (AvgIpc) is 2.38. The van der Waals surface area contributed by atoms with Gasteiger partial charge in [-0.1, -0.05) is 18.6 Å². The molecule has 1 aromatic rings. The van der Waals surface area contributed by atoms with Crippen molar-refractivity contribution in [3.63, 3.8) is 0 Å². The van der Waals surface area contributed by atoms with Gasteiger partial charge >= 0.3 is 6.36 Å². The minimum absolute atomic E-state index is 0.170. The van der Waals surface area contributed by atoms with Crippen LogP contribution in [0.2, 0.25) is 0 Å². The molecule has 1 atom stereocenters. The van der Waals surface area contributed by atoms with Gasteiger partial charge in [-0.15, -0.1) is 13.2 Å². The van der Waals surface area contributed by atoms with E-state index in [-0.39, 0.29) is 5.75 Å². The van der Waals surface area contributed by atoms with Gasteiger partial charge in [0.1, 0.15) is 5.75 Å². The van der Waals surface area contributed by atoms with Crippen LogP contribution < -0.4 is 10.5 Å². The lowest BCUT2D eigenvalue weighted by Crippen LogP contribution is -2.43. The van der Waals surface area contributed by atoms with Gasteiger partial charge in [0.15, 0.2) is 0 Å². The van der Waals surface area contributed by atoms with E-state index in [1.165, 1.54) is 12.1 Å². The Labute approximate surface area is 116 Å². The van der Waals surface area contributed by atoms with Crippen molar-refractivity contribution < 1.29 is 17.9 Å². The quantitative estimate of drug-likeness (QED) is 0.926. The summed E-state index contributed by atoms with van der Waals surface area (Å²) in [5.74, 6) is -0.170. The third kappa shape index (κ3) is 4.38. The van der Waals surface area contributed by atoms with E-state index in [4.69, 9.17) is 5.73 Å². The van der Waals surface area contributed by atoms with Gasteiger partial charge in [-0.2, -0.15) is 0 Å². The molecule has 0 bridgehead atoms. The topological polar surface area (TPSA) is 38.5 Å². The van der Waals surface area contributed by atoms with Crippen molar-refractivity contribution in [3.05, 3.63) is 29.8 Å². The molecule has 1 saturated heterocycles. The summed E-state index contributed by atoms with van der Waals surface area (Å²) in [4.78, 5) is 2.23. The molecule has 112 valence electrons. The van der Waals surface area contributed by atoms with Crippen molar-refractivity contribution >= 4 is 0 Å². The molecule has 0 aromatic heterocycles. The number of halogens is 3. The van der Waals surface area contributed by atoms with E-state index in [9.17, 15) is 13.2 Å². The number of ether oxygens (including phenoxy) is 1. The monoisotopic (exact) mass is 288 g/mol. The van der Waals surface area contributed by atoms with E-state index < -0.39 is 6.36 Å². The molecule has 20 heavy (non-hydrogen) atoms. The fourth-order valence-electron chi connectivity index (χ4n) is 2.61. The minimum atomic E-state index is -4.65. The van der Waals surface area contributed by atoms with E-state index in [0.29, 0.717) is 19.1 Å². The second kappa shape index (κ2) is 6.45. The SMILES string of the molecule is NCC1CCCCN1Cc1cccc(OC(F)(F)F)c1. The summed E-state index contributed by atoms with van der Waals surface area (Å²) < 4.78 is 40.5. The smallest absolute Gasteiger partial charge is 0.406 e. The molecular weight excluding hydrogens is 269 g/mol. The van der Waals surface area contributed by atoms with Gasteiger partial charge < -0.3 is 10.5 Å².